The van der Waals surface area contributed by atoms with Gasteiger partial charge in [-0.1, -0.05) is 0 Å². The maximum absolute atomic E-state index is 12.1. The Hall–Kier alpha value is -1.56. The normalized spacial score (nSPS) is 19.9. The molecule has 1 fully saturated rings. The molecular weight excluding hydrogens is 230 g/mol. The van der Waals surface area contributed by atoms with Crippen molar-refractivity contribution in [2.45, 2.75) is 26.4 Å². The molecule has 0 spiro atoms. The first kappa shape index (κ1) is 12.9. The van der Waals surface area contributed by atoms with Crippen LogP contribution >= 0.6 is 0 Å². The Morgan fingerprint density at radius 1 is 1.61 bits per heavy atom. The summed E-state index contributed by atoms with van der Waals surface area (Å²) in [5.41, 5.74) is 0. The van der Waals surface area contributed by atoms with E-state index in [2.05, 4.69) is 32.0 Å². The summed E-state index contributed by atoms with van der Waals surface area (Å²) in [5.74, 6) is 0.950. The Morgan fingerprint density at radius 2 is 2.44 bits per heavy atom. The van der Waals surface area contributed by atoms with Gasteiger partial charge in [0.25, 0.3) is 0 Å². The number of aromatic nitrogens is 2. The Bertz CT molecular complexity index is 403. The molecule has 2 N–H and O–H groups in total. The second-order valence-electron chi connectivity index (χ2n) is 4.32. The number of aryl methyl sites for hydroxylation is 1. The Labute approximate surface area is 107 Å². The van der Waals surface area contributed by atoms with Crippen molar-refractivity contribution in [3.63, 3.8) is 0 Å². The van der Waals surface area contributed by atoms with Gasteiger partial charge >= 0.3 is 0 Å². The van der Waals surface area contributed by atoms with Crippen molar-refractivity contribution in [1.82, 2.24) is 20.2 Å². The first-order valence-corrected chi connectivity index (χ1v) is 6.54. The van der Waals surface area contributed by atoms with Crippen LogP contribution in [0.5, 0.6) is 0 Å². The molecule has 1 amide bonds. The molecule has 1 aliphatic rings. The van der Waals surface area contributed by atoms with E-state index >= 15 is 0 Å². The number of amides is 1. The van der Waals surface area contributed by atoms with E-state index in [0.717, 1.165) is 25.6 Å². The van der Waals surface area contributed by atoms with Crippen LogP contribution in [-0.4, -0.2) is 47.7 Å². The van der Waals surface area contributed by atoms with Crippen LogP contribution in [0.25, 0.3) is 0 Å². The number of piperazine rings is 1. The van der Waals surface area contributed by atoms with Crippen LogP contribution in [0.1, 0.15) is 13.8 Å². The average Bonchev–Trinajstić information content (AvgIpc) is 2.87. The molecule has 0 radical (unpaired) electrons. The summed E-state index contributed by atoms with van der Waals surface area (Å²) >= 11 is 0. The van der Waals surface area contributed by atoms with Crippen molar-refractivity contribution < 1.29 is 4.79 Å². The third-order valence-corrected chi connectivity index (χ3v) is 3.19. The van der Waals surface area contributed by atoms with Crippen molar-refractivity contribution in [2.24, 2.45) is 0 Å². The van der Waals surface area contributed by atoms with E-state index < -0.39 is 0 Å². The highest BCUT2D eigenvalue weighted by atomic mass is 16.2. The van der Waals surface area contributed by atoms with E-state index in [1.165, 1.54) is 0 Å². The number of anilines is 1. The highest BCUT2D eigenvalue weighted by Crippen LogP contribution is 2.16. The van der Waals surface area contributed by atoms with Crippen molar-refractivity contribution >= 4 is 11.9 Å². The average molecular weight is 251 g/mol. The molecule has 1 aromatic rings. The number of carbonyl (C=O) groups is 1. The second-order valence-corrected chi connectivity index (χ2v) is 4.32. The maximum Gasteiger partial charge on any atom is 0.244 e. The minimum atomic E-state index is -0.175. The fourth-order valence-electron chi connectivity index (χ4n) is 2.28. The molecule has 0 saturated carbocycles. The SMILES string of the molecule is CCNC(=O)C1CNCCN1c1nccn1CC. The first-order chi connectivity index (χ1) is 8.77. The number of imidazole rings is 1. The standard InChI is InChI=1S/C12H21N5O/c1-3-14-11(18)10-9-13-5-8-17(10)12-15-6-7-16(12)4-2/h6-7,10,13H,3-5,8-9H2,1-2H3,(H,14,18). The van der Waals surface area contributed by atoms with E-state index in [0.29, 0.717) is 13.1 Å². The zero-order valence-electron chi connectivity index (χ0n) is 11.0. The topological polar surface area (TPSA) is 62.2 Å². The lowest BCUT2D eigenvalue weighted by molar-refractivity contribution is -0.122. The van der Waals surface area contributed by atoms with Gasteiger partial charge in [-0.2, -0.15) is 0 Å². The molecular formula is C12H21N5O. The van der Waals surface area contributed by atoms with E-state index in [-0.39, 0.29) is 11.9 Å². The van der Waals surface area contributed by atoms with Crippen molar-refractivity contribution in [3.8, 4) is 0 Å². The summed E-state index contributed by atoms with van der Waals surface area (Å²) in [6, 6.07) is -0.175. The minimum absolute atomic E-state index is 0.0651. The monoisotopic (exact) mass is 251 g/mol. The van der Waals surface area contributed by atoms with Gasteiger partial charge in [0, 0.05) is 45.1 Å². The number of carbonyl (C=O) groups excluding carboxylic acids is 1. The zero-order valence-corrected chi connectivity index (χ0v) is 11.0. The van der Waals surface area contributed by atoms with Crippen LogP contribution in [0.4, 0.5) is 5.95 Å². The van der Waals surface area contributed by atoms with E-state index in [1.54, 1.807) is 6.20 Å². The predicted octanol–water partition coefficient (Wildman–Crippen LogP) is -0.183. The third kappa shape index (κ3) is 2.48. The van der Waals surface area contributed by atoms with Gasteiger partial charge in [-0.05, 0) is 13.8 Å². The zero-order chi connectivity index (χ0) is 13.0. The van der Waals surface area contributed by atoms with Gasteiger partial charge < -0.3 is 20.1 Å². The molecule has 1 aromatic heterocycles. The van der Waals surface area contributed by atoms with E-state index in [1.807, 2.05) is 13.1 Å². The Kier molecular flexibility index (Phi) is 4.19. The van der Waals surface area contributed by atoms with Crippen LogP contribution in [0, 0.1) is 0 Å². The molecule has 1 unspecified atom stereocenters. The molecule has 6 nitrogen and oxygen atoms in total. The van der Waals surface area contributed by atoms with Gasteiger partial charge in [0.1, 0.15) is 6.04 Å². The van der Waals surface area contributed by atoms with E-state index in [4.69, 9.17) is 0 Å². The Balaban J connectivity index is 2.20. The van der Waals surface area contributed by atoms with Gasteiger partial charge in [0.05, 0.1) is 0 Å². The number of hydrogen-bond donors (Lipinski definition) is 2. The van der Waals surface area contributed by atoms with Gasteiger partial charge in [0.2, 0.25) is 11.9 Å². The number of nitrogens with one attached hydrogen (secondary N) is 2. The minimum Gasteiger partial charge on any atom is -0.355 e. The summed E-state index contributed by atoms with van der Waals surface area (Å²) in [6.45, 7) is 7.89. The molecule has 0 bridgehead atoms. The molecule has 6 heteroatoms. The summed E-state index contributed by atoms with van der Waals surface area (Å²) in [4.78, 5) is 18.5. The van der Waals surface area contributed by atoms with Crippen LogP contribution < -0.4 is 15.5 Å². The van der Waals surface area contributed by atoms with Crippen LogP contribution in [0.3, 0.4) is 0 Å². The lowest BCUT2D eigenvalue weighted by Crippen LogP contribution is -2.58. The summed E-state index contributed by atoms with van der Waals surface area (Å²) < 4.78 is 2.07. The smallest absolute Gasteiger partial charge is 0.244 e. The molecule has 0 aliphatic carbocycles. The van der Waals surface area contributed by atoms with Crippen molar-refractivity contribution in [2.75, 3.05) is 31.1 Å². The second kappa shape index (κ2) is 5.86. The highest BCUT2D eigenvalue weighted by molar-refractivity contribution is 5.85. The van der Waals surface area contributed by atoms with Crippen molar-refractivity contribution in [3.05, 3.63) is 12.4 Å². The van der Waals surface area contributed by atoms with Crippen LogP contribution in [0.2, 0.25) is 0 Å². The molecule has 100 valence electrons. The van der Waals surface area contributed by atoms with Crippen molar-refractivity contribution in [1.29, 1.82) is 0 Å². The maximum atomic E-state index is 12.1. The Morgan fingerprint density at radius 3 is 3.17 bits per heavy atom. The largest absolute Gasteiger partial charge is 0.355 e. The molecule has 1 saturated heterocycles. The highest BCUT2D eigenvalue weighted by Gasteiger charge is 2.30. The molecule has 0 aromatic carbocycles. The quantitative estimate of drug-likeness (QED) is 0.779. The molecule has 1 aliphatic heterocycles. The van der Waals surface area contributed by atoms with Crippen LogP contribution in [0.15, 0.2) is 12.4 Å². The van der Waals surface area contributed by atoms with Crippen LogP contribution in [-0.2, 0) is 11.3 Å². The van der Waals surface area contributed by atoms with E-state index in [9.17, 15) is 4.79 Å². The molecule has 18 heavy (non-hydrogen) atoms. The van der Waals surface area contributed by atoms with Gasteiger partial charge in [-0.25, -0.2) is 4.98 Å². The summed E-state index contributed by atoms with van der Waals surface area (Å²) in [7, 11) is 0. The molecule has 1 atom stereocenters. The lowest BCUT2D eigenvalue weighted by atomic mass is 10.2. The van der Waals surface area contributed by atoms with Gasteiger partial charge in [-0.3, -0.25) is 4.79 Å². The predicted molar refractivity (Wildman–Crippen MR) is 70.6 cm³/mol. The summed E-state index contributed by atoms with van der Waals surface area (Å²) in [6.07, 6.45) is 3.74. The number of likely N-dealkylation sites (N-methyl/N-ethyl adjacent to an activating group) is 1. The third-order valence-electron chi connectivity index (χ3n) is 3.19. The fourth-order valence-corrected chi connectivity index (χ4v) is 2.28. The molecule has 2 rings (SSSR count). The number of rotatable bonds is 4. The summed E-state index contributed by atoms with van der Waals surface area (Å²) in [5, 5.41) is 6.15. The molecule has 2 heterocycles. The lowest BCUT2D eigenvalue weighted by Gasteiger charge is -2.36. The van der Waals surface area contributed by atoms with Gasteiger partial charge in [-0.15, -0.1) is 0 Å². The van der Waals surface area contributed by atoms with Gasteiger partial charge in [0.15, 0.2) is 0 Å². The number of hydrogen-bond acceptors (Lipinski definition) is 4. The number of nitrogens with zero attached hydrogens (tertiary/aromatic N) is 3. The first-order valence-electron chi connectivity index (χ1n) is 6.54. The fraction of sp³-hybridized carbons (Fsp3) is 0.667.